The van der Waals surface area contributed by atoms with Gasteiger partial charge in [-0.1, -0.05) is 36.4 Å². The van der Waals surface area contributed by atoms with Gasteiger partial charge in [0.05, 0.1) is 16.9 Å². The monoisotopic (exact) mass is 398 g/mol. The Morgan fingerprint density at radius 3 is 2.14 bits per heavy atom. The van der Waals surface area contributed by atoms with Crippen LogP contribution in [0.3, 0.4) is 0 Å². The molecule has 0 spiro atoms. The third-order valence-corrected chi connectivity index (χ3v) is 3.76. The van der Waals surface area contributed by atoms with Crippen LogP contribution in [0.4, 0.5) is 11.4 Å². The van der Waals surface area contributed by atoms with E-state index in [1.54, 1.807) is 36.4 Å². The van der Waals surface area contributed by atoms with Gasteiger partial charge in [-0.3, -0.25) is 9.98 Å². The molecule has 0 saturated heterocycles. The number of benzene rings is 3. The molecular weight excluding hydrogens is 383 g/mol. The zero-order valence-corrected chi connectivity index (χ0v) is 18.2. The van der Waals surface area contributed by atoms with Gasteiger partial charge in [0.25, 0.3) is 0 Å². The summed E-state index contributed by atoms with van der Waals surface area (Å²) in [5, 5.41) is 30.8. The number of hydrogen-bond donors (Lipinski definition) is 2. The Bertz CT molecular complexity index is 1050. The molecule has 28 heavy (non-hydrogen) atoms. The number of phenols is 1. The molecule has 0 bridgehead atoms. The van der Waals surface area contributed by atoms with Gasteiger partial charge in [-0.05, 0) is 35.9 Å². The number of phenolic OH excluding ortho intramolecular Hbond substituents is 1. The van der Waals surface area contributed by atoms with E-state index in [2.05, 4.69) is 9.98 Å². The number of carbonyl (C=O) groups is 1. The summed E-state index contributed by atoms with van der Waals surface area (Å²) in [6.07, 6.45) is 2.84. The molecule has 0 saturated carbocycles. The maximum absolute atomic E-state index is 11.8. The summed E-state index contributed by atoms with van der Waals surface area (Å²) < 4.78 is 0. The first kappa shape index (κ1) is 22.0. The zero-order valence-electron chi connectivity index (χ0n) is 15.1. The standard InChI is InChI=1S/C21H16N2O4.K/c24-19-7-3-1-5-15(19)12-22-17-10-9-14(21(26)27)11-18(17)23-13-16-6-2-4-8-20(16)25;/h1-13,24-25H,(H,26,27);/q;+1/p-1. The maximum atomic E-state index is 11.8. The molecule has 0 aliphatic carbocycles. The van der Waals surface area contributed by atoms with Crippen molar-refractivity contribution in [2.45, 2.75) is 0 Å². The Labute approximate surface area is 204 Å². The van der Waals surface area contributed by atoms with E-state index in [9.17, 15) is 20.1 Å². The molecule has 7 heteroatoms. The van der Waals surface area contributed by atoms with Gasteiger partial charge in [-0.2, -0.15) is 0 Å². The van der Waals surface area contributed by atoms with Crippen molar-refractivity contribution in [1.29, 1.82) is 0 Å². The SMILES string of the molecule is O=C(O)c1ccc(N=Cc2ccccc2[O-])c(N=Cc2ccccc2O)c1.[K+]. The number of carboxylic acid groups (broad SMARTS) is 1. The van der Waals surface area contributed by atoms with Crippen LogP contribution in [0.15, 0.2) is 76.7 Å². The van der Waals surface area contributed by atoms with Gasteiger partial charge in [-0.25, -0.2) is 4.79 Å². The molecule has 2 N–H and O–H groups in total. The van der Waals surface area contributed by atoms with E-state index in [1.807, 2.05) is 0 Å². The van der Waals surface area contributed by atoms with Gasteiger partial charge in [0, 0.05) is 18.0 Å². The zero-order chi connectivity index (χ0) is 19.2. The van der Waals surface area contributed by atoms with Crippen molar-refractivity contribution in [2.24, 2.45) is 9.98 Å². The van der Waals surface area contributed by atoms with Gasteiger partial charge in [0.15, 0.2) is 0 Å². The number of nitrogens with zero attached hydrogens (tertiary/aromatic N) is 2. The molecule has 0 radical (unpaired) electrons. The minimum absolute atomic E-state index is 0. The molecule has 0 aliphatic heterocycles. The quantitative estimate of drug-likeness (QED) is 0.487. The smallest absolute Gasteiger partial charge is 0.872 e. The van der Waals surface area contributed by atoms with Gasteiger partial charge < -0.3 is 15.3 Å². The molecule has 0 aliphatic rings. The normalized spacial score (nSPS) is 10.9. The van der Waals surface area contributed by atoms with Crippen molar-refractivity contribution in [3.05, 3.63) is 83.4 Å². The molecule has 6 nitrogen and oxygen atoms in total. The van der Waals surface area contributed by atoms with Crippen molar-refractivity contribution in [3.8, 4) is 11.5 Å². The van der Waals surface area contributed by atoms with Crippen LogP contribution in [0.1, 0.15) is 21.5 Å². The van der Waals surface area contributed by atoms with Crippen LogP contribution < -0.4 is 56.5 Å². The summed E-state index contributed by atoms with van der Waals surface area (Å²) in [5.74, 6) is -1.20. The fraction of sp³-hybridized carbons (Fsp3) is 0. The first-order valence-electron chi connectivity index (χ1n) is 8.04. The molecule has 0 fully saturated rings. The molecule has 0 amide bonds. The van der Waals surface area contributed by atoms with Crippen molar-refractivity contribution in [3.63, 3.8) is 0 Å². The molecule has 0 atom stereocenters. The summed E-state index contributed by atoms with van der Waals surface area (Å²) in [6.45, 7) is 0. The predicted molar refractivity (Wildman–Crippen MR) is 102 cm³/mol. The van der Waals surface area contributed by atoms with Crippen molar-refractivity contribution in [1.82, 2.24) is 0 Å². The van der Waals surface area contributed by atoms with Crippen LogP contribution >= 0.6 is 0 Å². The minimum Gasteiger partial charge on any atom is -0.872 e. The van der Waals surface area contributed by atoms with Gasteiger partial charge in [0.1, 0.15) is 5.75 Å². The number of rotatable bonds is 5. The predicted octanol–water partition coefficient (Wildman–Crippen LogP) is 0.669. The molecule has 3 aromatic rings. The van der Waals surface area contributed by atoms with Crippen LogP contribution in [0, 0.1) is 0 Å². The topological polar surface area (TPSA) is 105 Å². The molecule has 3 rings (SSSR count). The summed E-state index contributed by atoms with van der Waals surface area (Å²) in [6, 6.07) is 17.4. The van der Waals surface area contributed by atoms with E-state index < -0.39 is 5.97 Å². The summed E-state index contributed by atoms with van der Waals surface area (Å²) >= 11 is 0. The van der Waals surface area contributed by atoms with Crippen molar-refractivity contribution < 1.29 is 71.5 Å². The average molecular weight is 398 g/mol. The van der Waals surface area contributed by atoms with Crippen LogP contribution in [0.25, 0.3) is 0 Å². The fourth-order valence-corrected chi connectivity index (χ4v) is 2.33. The number of carboxylic acids is 1. The number of aromatic carboxylic acids is 1. The fourth-order valence-electron chi connectivity index (χ4n) is 2.33. The summed E-state index contributed by atoms with van der Waals surface area (Å²) in [5.41, 5.74) is 1.66. The van der Waals surface area contributed by atoms with Crippen LogP contribution in [0.2, 0.25) is 0 Å². The van der Waals surface area contributed by atoms with E-state index >= 15 is 0 Å². The Balaban J connectivity index is 0.00000280. The van der Waals surface area contributed by atoms with Gasteiger partial charge in [0.2, 0.25) is 0 Å². The molecule has 3 aromatic carbocycles. The molecule has 0 aromatic heterocycles. The number of hydrogen-bond acceptors (Lipinski definition) is 5. The Morgan fingerprint density at radius 1 is 0.857 bits per heavy atom. The molecule has 0 heterocycles. The first-order chi connectivity index (χ1) is 13.0. The van der Waals surface area contributed by atoms with E-state index in [-0.39, 0.29) is 68.4 Å². The summed E-state index contributed by atoms with van der Waals surface area (Å²) in [4.78, 5) is 19.8. The molecule has 134 valence electrons. The first-order valence-corrected chi connectivity index (χ1v) is 8.04. The van der Waals surface area contributed by atoms with E-state index in [1.165, 1.54) is 42.8 Å². The Morgan fingerprint density at radius 2 is 1.46 bits per heavy atom. The van der Waals surface area contributed by atoms with E-state index in [0.717, 1.165) is 0 Å². The second-order valence-corrected chi connectivity index (χ2v) is 5.62. The largest absolute Gasteiger partial charge is 1.00 e. The number of para-hydroxylation sites is 2. The van der Waals surface area contributed by atoms with E-state index in [4.69, 9.17) is 0 Å². The minimum atomic E-state index is -1.09. The van der Waals surface area contributed by atoms with Crippen LogP contribution in [-0.2, 0) is 0 Å². The van der Waals surface area contributed by atoms with Crippen LogP contribution in [-0.4, -0.2) is 28.6 Å². The second kappa shape index (κ2) is 10.3. The van der Waals surface area contributed by atoms with Crippen molar-refractivity contribution >= 4 is 29.8 Å². The Kier molecular flexibility index (Phi) is 8.10. The summed E-state index contributed by atoms with van der Waals surface area (Å²) in [7, 11) is 0. The third kappa shape index (κ3) is 5.60. The molecular formula is C21H15KN2O4. The Hall–Kier alpha value is -2.29. The van der Waals surface area contributed by atoms with Crippen molar-refractivity contribution in [2.75, 3.05) is 0 Å². The van der Waals surface area contributed by atoms with Gasteiger partial charge in [-0.15, -0.1) is 5.75 Å². The number of aromatic hydroxyl groups is 1. The maximum Gasteiger partial charge on any atom is 1.00 e. The molecule has 0 unspecified atom stereocenters. The second-order valence-electron chi connectivity index (χ2n) is 5.62. The average Bonchev–Trinajstić information content (AvgIpc) is 2.67. The number of aliphatic imine (C=N–C) groups is 2. The van der Waals surface area contributed by atoms with E-state index in [0.29, 0.717) is 22.5 Å². The van der Waals surface area contributed by atoms with Crippen LogP contribution in [0.5, 0.6) is 11.5 Å². The van der Waals surface area contributed by atoms with Gasteiger partial charge >= 0.3 is 57.4 Å². The third-order valence-electron chi connectivity index (χ3n) is 3.76.